The van der Waals surface area contributed by atoms with Crippen molar-refractivity contribution in [2.75, 3.05) is 0 Å². The van der Waals surface area contributed by atoms with Crippen molar-refractivity contribution in [2.24, 2.45) is 16.7 Å². The van der Waals surface area contributed by atoms with Gasteiger partial charge in [0.1, 0.15) is 0 Å². The van der Waals surface area contributed by atoms with Crippen LogP contribution in [0.1, 0.15) is 45.4 Å². The third-order valence-corrected chi connectivity index (χ3v) is 5.60. The van der Waals surface area contributed by atoms with Crippen LogP contribution in [0, 0.1) is 16.7 Å². The Labute approximate surface area is 101 Å². The largest absolute Gasteiger partial charge is 0.481 e. The van der Waals surface area contributed by atoms with Crippen LogP contribution in [-0.2, 0) is 4.79 Å². The standard InChI is InChI=1S/C13H20O4/c1-2-11-3-8-4-12(6-11,10(15)16)9(14)13(17,5-8)7-11/h8-9,14,17H,2-7H2,1H3,(H,15,16). The van der Waals surface area contributed by atoms with Gasteiger partial charge in [0.15, 0.2) is 0 Å². The van der Waals surface area contributed by atoms with Gasteiger partial charge in [-0.05, 0) is 43.4 Å². The quantitative estimate of drug-likeness (QED) is 0.676. The fourth-order valence-corrected chi connectivity index (χ4v) is 5.12. The van der Waals surface area contributed by atoms with Crippen molar-refractivity contribution in [1.29, 1.82) is 0 Å². The molecule has 0 spiro atoms. The Morgan fingerprint density at radius 2 is 2.00 bits per heavy atom. The minimum Gasteiger partial charge on any atom is -0.481 e. The van der Waals surface area contributed by atoms with Gasteiger partial charge in [-0.25, -0.2) is 0 Å². The van der Waals surface area contributed by atoms with Crippen LogP contribution in [0.25, 0.3) is 0 Å². The summed E-state index contributed by atoms with van der Waals surface area (Å²) < 4.78 is 0. The first-order valence-corrected chi connectivity index (χ1v) is 6.50. The second kappa shape index (κ2) is 3.04. The topological polar surface area (TPSA) is 77.8 Å². The second-order valence-electron chi connectivity index (χ2n) is 6.65. The fourth-order valence-electron chi connectivity index (χ4n) is 5.12. The molecule has 0 aromatic rings. The summed E-state index contributed by atoms with van der Waals surface area (Å²) in [5.74, 6) is -0.660. The molecule has 4 nitrogen and oxygen atoms in total. The van der Waals surface area contributed by atoms with Crippen molar-refractivity contribution >= 4 is 5.97 Å². The number of carboxylic acid groups (broad SMARTS) is 1. The highest BCUT2D eigenvalue weighted by Gasteiger charge is 2.70. The smallest absolute Gasteiger partial charge is 0.312 e. The Balaban J connectivity index is 2.10. The van der Waals surface area contributed by atoms with Crippen molar-refractivity contribution in [1.82, 2.24) is 0 Å². The Kier molecular flexibility index (Phi) is 2.05. The average molecular weight is 240 g/mol. The fraction of sp³-hybridized carbons (Fsp3) is 0.923. The van der Waals surface area contributed by atoms with E-state index in [1.54, 1.807) is 0 Å². The van der Waals surface area contributed by atoms with E-state index < -0.39 is 23.1 Å². The van der Waals surface area contributed by atoms with Gasteiger partial charge in [0.05, 0.1) is 17.1 Å². The molecule has 17 heavy (non-hydrogen) atoms. The Hall–Kier alpha value is -0.610. The molecule has 4 bridgehead atoms. The van der Waals surface area contributed by atoms with Crippen LogP contribution in [0.5, 0.6) is 0 Å². The maximum absolute atomic E-state index is 11.6. The zero-order valence-electron chi connectivity index (χ0n) is 10.1. The number of aliphatic hydroxyl groups excluding tert-OH is 1. The second-order valence-corrected chi connectivity index (χ2v) is 6.65. The molecule has 4 saturated carbocycles. The van der Waals surface area contributed by atoms with E-state index in [0.29, 0.717) is 25.7 Å². The van der Waals surface area contributed by atoms with E-state index in [2.05, 4.69) is 6.92 Å². The minimum atomic E-state index is -1.16. The van der Waals surface area contributed by atoms with E-state index in [1.165, 1.54) is 0 Å². The molecule has 0 aromatic carbocycles. The first kappa shape index (κ1) is 11.5. The van der Waals surface area contributed by atoms with Gasteiger partial charge >= 0.3 is 5.97 Å². The van der Waals surface area contributed by atoms with Gasteiger partial charge in [0.2, 0.25) is 0 Å². The van der Waals surface area contributed by atoms with Crippen LogP contribution >= 0.6 is 0 Å². The van der Waals surface area contributed by atoms with Crippen molar-refractivity contribution in [2.45, 2.75) is 57.2 Å². The molecule has 4 heteroatoms. The maximum Gasteiger partial charge on any atom is 0.312 e. The predicted octanol–water partition coefficient (Wildman–Crippen LogP) is 1.15. The average Bonchev–Trinajstić information content (AvgIpc) is 2.24. The predicted molar refractivity (Wildman–Crippen MR) is 60.3 cm³/mol. The Bertz CT molecular complexity index is 376. The molecule has 4 fully saturated rings. The maximum atomic E-state index is 11.6. The summed E-state index contributed by atoms with van der Waals surface area (Å²) in [7, 11) is 0. The summed E-state index contributed by atoms with van der Waals surface area (Å²) in [4.78, 5) is 11.6. The molecule has 96 valence electrons. The van der Waals surface area contributed by atoms with Crippen LogP contribution in [0.4, 0.5) is 0 Å². The van der Waals surface area contributed by atoms with Gasteiger partial charge in [0.25, 0.3) is 0 Å². The molecule has 5 unspecified atom stereocenters. The van der Waals surface area contributed by atoms with Crippen molar-refractivity contribution < 1.29 is 20.1 Å². The van der Waals surface area contributed by atoms with Crippen molar-refractivity contribution in [3.05, 3.63) is 0 Å². The lowest BCUT2D eigenvalue weighted by Gasteiger charge is -2.65. The number of hydrogen-bond donors (Lipinski definition) is 3. The first-order valence-electron chi connectivity index (χ1n) is 6.50. The number of hydrogen-bond acceptors (Lipinski definition) is 3. The molecule has 0 saturated heterocycles. The molecule has 4 rings (SSSR count). The molecule has 4 aliphatic carbocycles. The third kappa shape index (κ3) is 1.23. The number of aliphatic hydroxyl groups is 2. The van der Waals surface area contributed by atoms with E-state index in [4.69, 9.17) is 0 Å². The monoisotopic (exact) mass is 240 g/mol. The van der Waals surface area contributed by atoms with Gasteiger partial charge < -0.3 is 15.3 Å². The molecular formula is C13H20O4. The van der Waals surface area contributed by atoms with E-state index in [9.17, 15) is 20.1 Å². The van der Waals surface area contributed by atoms with Crippen LogP contribution in [0.3, 0.4) is 0 Å². The van der Waals surface area contributed by atoms with E-state index in [-0.39, 0.29) is 11.3 Å². The van der Waals surface area contributed by atoms with E-state index in [0.717, 1.165) is 12.8 Å². The summed E-state index contributed by atoms with van der Waals surface area (Å²) in [5.41, 5.74) is -2.31. The van der Waals surface area contributed by atoms with E-state index >= 15 is 0 Å². The van der Waals surface area contributed by atoms with Gasteiger partial charge in [0, 0.05) is 0 Å². The molecule has 3 N–H and O–H groups in total. The molecule has 0 amide bonds. The molecule has 0 radical (unpaired) electrons. The summed E-state index contributed by atoms with van der Waals surface area (Å²) in [5, 5.41) is 30.4. The van der Waals surface area contributed by atoms with Crippen molar-refractivity contribution in [3.63, 3.8) is 0 Å². The zero-order valence-corrected chi connectivity index (χ0v) is 10.1. The number of aliphatic carboxylic acids is 1. The highest BCUT2D eigenvalue weighted by molar-refractivity contribution is 5.77. The van der Waals surface area contributed by atoms with Crippen LogP contribution in [-0.4, -0.2) is 33.0 Å². The third-order valence-electron chi connectivity index (χ3n) is 5.60. The summed E-state index contributed by atoms with van der Waals surface area (Å²) >= 11 is 0. The number of carboxylic acids is 1. The molecule has 5 atom stereocenters. The number of rotatable bonds is 2. The normalized spacial score (nSPS) is 56.2. The molecule has 0 heterocycles. The summed E-state index contributed by atoms with van der Waals surface area (Å²) in [6.45, 7) is 2.07. The zero-order chi connectivity index (χ0) is 12.5. The SMILES string of the molecule is CCC12CC3CC(O)(C1)C(O)C(C(=O)O)(C3)C2. The summed E-state index contributed by atoms with van der Waals surface area (Å²) in [6, 6.07) is 0. The van der Waals surface area contributed by atoms with Crippen LogP contribution in [0.15, 0.2) is 0 Å². The molecular weight excluding hydrogens is 220 g/mol. The van der Waals surface area contributed by atoms with Gasteiger partial charge in [-0.2, -0.15) is 0 Å². The van der Waals surface area contributed by atoms with Gasteiger partial charge in [-0.1, -0.05) is 13.3 Å². The minimum absolute atomic E-state index is 0.0620. The van der Waals surface area contributed by atoms with Crippen molar-refractivity contribution in [3.8, 4) is 0 Å². The number of carbonyl (C=O) groups is 1. The van der Waals surface area contributed by atoms with E-state index in [1.807, 2.05) is 0 Å². The highest BCUT2D eigenvalue weighted by Crippen LogP contribution is 2.67. The summed E-state index contributed by atoms with van der Waals surface area (Å²) in [6.07, 6.45) is 3.04. The Morgan fingerprint density at radius 3 is 2.59 bits per heavy atom. The van der Waals surface area contributed by atoms with Crippen LogP contribution < -0.4 is 0 Å². The lowest BCUT2D eigenvalue weighted by Crippen LogP contribution is -2.70. The molecule has 0 aliphatic heterocycles. The lowest BCUT2D eigenvalue weighted by atomic mass is 9.41. The molecule has 4 aliphatic rings. The lowest BCUT2D eigenvalue weighted by molar-refractivity contribution is -0.268. The van der Waals surface area contributed by atoms with Gasteiger partial charge in [-0.3, -0.25) is 4.79 Å². The highest BCUT2D eigenvalue weighted by atomic mass is 16.4. The van der Waals surface area contributed by atoms with Gasteiger partial charge in [-0.15, -0.1) is 0 Å². The molecule has 0 aromatic heterocycles. The van der Waals surface area contributed by atoms with Crippen LogP contribution in [0.2, 0.25) is 0 Å². The Morgan fingerprint density at radius 1 is 1.29 bits per heavy atom. The first-order chi connectivity index (χ1) is 7.86.